The fourth-order valence-electron chi connectivity index (χ4n) is 12.8. The van der Waals surface area contributed by atoms with E-state index in [1.807, 2.05) is 37.2 Å². The van der Waals surface area contributed by atoms with Crippen LogP contribution in [-0.4, -0.2) is 90.0 Å². The number of hydrogen-bond donors (Lipinski definition) is 0. The summed E-state index contributed by atoms with van der Waals surface area (Å²) in [4.78, 5) is 0. The first-order valence-electron chi connectivity index (χ1n) is 44.8. The number of rotatable bonds is 54. The molecule has 6 aromatic rings. The molecule has 0 saturated carbocycles. The topological polar surface area (TPSA) is 184 Å². The third-order valence-corrected chi connectivity index (χ3v) is 19.8. The maximum atomic E-state index is 4.20. The number of unbranched alkanes of at least 4 members (excludes halogenated alkanes) is 11. The Labute approximate surface area is 665 Å². The second kappa shape index (κ2) is 64.4. The van der Waals surface area contributed by atoms with E-state index in [2.05, 4.69) is 256 Å². The van der Waals surface area contributed by atoms with E-state index >= 15 is 0 Å². The standard InChI is InChI=1S/2C17H33N3.4C14H27N3/c2*1-15(2)10-8-6-5-7-9-11-17-14-18-19-20(17)13-12-16(3)4;2*1-12(2)7-5-9-14-11-15-16-17(14)10-6-8-13(3)4;1-12(2)7-5-6-10-17-14(11-15-16-17)9-8-13(3)4;1-12(2)8-6-5-7-9-14-10-15-16-17(14)11-13(3)4/h2*14-16H,5-13H2,1-4H3;3*11-13H,5-10H2,1-4H3;10,12-13H,5-9,11H2,1-4H3. The molecule has 6 heterocycles. The van der Waals surface area contributed by atoms with E-state index in [0.717, 1.165) is 143 Å². The Morgan fingerprint density at radius 3 is 0.676 bits per heavy atom. The van der Waals surface area contributed by atoms with E-state index in [9.17, 15) is 0 Å². The highest BCUT2D eigenvalue weighted by molar-refractivity contribution is 4.98. The zero-order valence-corrected chi connectivity index (χ0v) is 75.1. The molecule has 6 rings (SSSR count). The van der Waals surface area contributed by atoms with Crippen molar-refractivity contribution >= 4 is 0 Å². The van der Waals surface area contributed by atoms with Crippen molar-refractivity contribution in [3.05, 3.63) is 71.3 Å². The molecule has 0 radical (unpaired) electrons. The van der Waals surface area contributed by atoms with Crippen LogP contribution in [0.15, 0.2) is 37.2 Å². The molecule has 0 saturated heterocycles. The van der Waals surface area contributed by atoms with Crippen LogP contribution in [0.2, 0.25) is 0 Å². The van der Waals surface area contributed by atoms with Gasteiger partial charge in [-0.1, -0.05) is 307 Å². The molecular formula is C90H174N18. The van der Waals surface area contributed by atoms with Crippen molar-refractivity contribution in [1.29, 1.82) is 0 Å². The van der Waals surface area contributed by atoms with Crippen molar-refractivity contribution in [3.63, 3.8) is 0 Å². The van der Waals surface area contributed by atoms with E-state index in [1.54, 1.807) is 0 Å². The molecular weight excluding hydrogens is 1330 g/mol. The highest BCUT2D eigenvalue weighted by Gasteiger charge is 2.12. The summed E-state index contributed by atoms with van der Waals surface area (Å²) < 4.78 is 12.5. The molecule has 0 aliphatic carbocycles. The van der Waals surface area contributed by atoms with Gasteiger partial charge in [-0.3, -0.25) is 0 Å². The molecule has 18 nitrogen and oxygen atoms in total. The molecule has 0 amide bonds. The lowest BCUT2D eigenvalue weighted by molar-refractivity contribution is 0.453. The summed E-state index contributed by atoms with van der Waals surface area (Å²) in [5.41, 5.74) is 7.82. The molecule has 624 valence electrons. The molecule has 0 aromatic carbocycles. The third kappa shape index (κ3) is 57.0. The predicted octanol–water partition coefficient (Wildman–Crippen LogP) is 24.5. The Morgan fingerprint density at radius 2 is 0.380 bits per heavy atom. The van der Waals surface area contributed by atoms with Gasteiger partial charge in [0.1, 0.15) is 0 Å². The number of aromatic nitrogens is 18. The van der Waals surface area contributed by atoms with Crippen LogP contribution in [0.25, 0.3) is 0 Å². The van der Waals surface area contributed by atoms with Gasteiger partial charge in [-0.05, 0) is 193 Å². The molecule has 0 aliphatic rings. The van der Waals surface area contributed by atoms with Crippen LogP contribution >= 0.6 is 0 Å². The van der Waals surface area contributed by atoms with Gasteiger partial charge >= 0.3 is 0 Å². The number of aryl methyl sites for hydroxylation is 11. The molecule has 6 aromatic heterocycles. The van der Waals surface area contributed by atoms with Gasteiger partial charge < -0.3 is 0 Å². The van der Waals surface area contributed by atoms with Gasteiger partial charge in [-0.2, -0.15) is 0 Å². The van der Waals surface area contributed by atoms with Crippen LogP contribution in [0.4, 0.5) is 0 Å². The summed E-state index contributed by atoms with van der Waals surface area (Å²) in [7, 11) is 0. The van der Waals surface area contributed by atoms with Crippen molar-refractivity contribution in [1.82, 2.24) is 90.0 Å². The fraction of sp³-hybridized carbons (Fsp3) is 0.867. The minimum atomic E-state index is 0.636. The molecule has 0 unspecified atom stereocenters. The Morgan fingerprint density at radius 1 is 0.176 bits per heavy atom. The summed E-state index contributed by atoms with van der Waals surface area (Å²) >= 11 is 0. The van der Waals surface area contributed by atoms with E-state index in [4.69, 9.17) is 0 Å². The van der Waals surface area contributed by atoms with E-state index < -0.39 is 0 Å². The summed E-state index contributed by atoms with van der Waals surface area (Å²) in [6.45, 7) is 60.6. The highest BCUT2D eigenvalue weighted by Crippen LogP contribution is 2.19. The van der Waals surface area contributed by atoms with Gasteiger partial charge in [-0.15, -0.1) is 30.6 Å². The molecule has 0 spiro atoms. The van der Waals surface area contributed by atoms with Gasteiger partial charge in [0.05, 0.1) is 71.3 Å². The molecule has 108 heavy (non-hydrogen) atoms. The zero-order valence-electron chi connectivity index (χ0n) is 75.1. The molecule has 0 atom stereocenters. The Bertz CT molecular complexity index is 2700. The summed E-state index contributed by atoms with van der Waals surface area (Å²) in [6, 6.07) is 0. The average molecular weight is 1510 g/mol. The molecule has 0 bridgehead atoms. The molecule has 0 N–H and O–H groups in total. The Hall–Kier alpha value is -5.16. The lowest BCUT2D eigenvalue weighted by Crippen LogP contribution is -2.09. The first-order valence-corrected chi connectivity index (χ1v) is 44.8. The van der Waals surface area contributed by atoms with Gasteiger partial charge in [-0.25, -0.2) is 28.1 Å². The van der Waals surface area contributed by atoms with Crippen LogP contribution in [0.3, 0.4) is 0 Å². The molecule has 18 heteroatoms. The first kappa shape index (κ1) is 101. The highest BCUT2D eigenvalue weighted by atomic mass is 15.4. The van der Waals surface area contributed by atoms with Crippen molar-refractivity contribution in [2.75, 3.05) is 0 Å². The van der Waals surface area contributed by atoms with Crippen molar-refractivity contribution < 1.29 is 0 Å². The Kier molecular flexibility index (Phi) is 60.1. The minimum absolute atomic E-state index is 0.636. The van der Waals surface area contributed by atoms with Crippen molar-refractivity contribution in [2.24, 2.45) is 71.0 Å². The summed E-state index contributed by atoms with van der Waals surface area (Å²) in [6.07, 6.45) is 57.4. The summed E-state index contributed by atoms with van der Waals surface area (Å²) in [5.74, 6) is 9.35. The van der Waals surface area contributed by atoms with Gasteiger partial charge in [0.15, 0.2) is 0 Å². The van der Waals surface area contributed by atoms with Gasteiger partial charge in [0.25, 0.3) is 0 Å². The van der Waals surface area contributed by atoms with Crippen molar-refractivity contribution in [2.45, 2.75) is 437 Å². The minimum Gasteiger partial charge on any atom is -0.249 e. The molecule has 0 fully saturated rings. The largest absolute Gasteiger partial charge is 0.249 e. The smallest absolute Gasteiger partial charge is 0.0725 e. The first-order chi connectivity index (χ1) is 51.6. The normalized spacial score (nSPS) is 11.7. The quantitative estimate of drug-likeness (QED) is 0.0330. The second-order valence-corrected chi connectivity index (χ2v) is 36.8. The fourth-order valence-corrected chi connectivity index (χ4v) is 12.8. The van der Waals surface area contributed by atoms with Crippen LogP contribution < -0.4 is 0 Å². The van der Waals surface area contributed by atoms with Crippen LogP contribution in [0.5, 0.6) is 0 Å². The van der Waals surface area contributed by atoms with E-state index in [0.29, 0.717) is 5.92 Å². The van der Waals surface area contributed by atoms with Gasteiger partial charge in [0, 0.05) is 39.3 Å². The summed E-state index contributed by atoms with van der Waals surface area (Å²) in [5, 5.41) is 49.3. The average Bonchev–Trinajstić information content (AvgIpc) is 1.80. The lowest BCUT2D eigenvalue weighted by atomic mass is 10.0. The number of hydrogen-bond acceptors (Lipinski definition) is 12. The van der Waals surface area contributed by atoms with E-state index in [-0.39, 0.29) is 0 Å². The maximum absolute atomic E-state index is 4.20. The monoisotopic (exact) mass is 1510 g/mol. The van der Waals surface area contributed by atoms with Crippen LogP contribution in [0, 0.1) is 71.0 Å². The molecule has 0 aliphatic heterocycles. The Balaban J connectivity index is 0.000000649. The lowest BCUT2D eigenvalue weighted by Gasteiger charge is -2.08. The van der Waals surface area contributed by atoms with Crippen LogP contribution in [-0.2, 0) is 77.8 Å². The van der Waals surface area contributed by atoms with Crippen molar-refractivity contribution in [3.8, 4) is 0 Å². The maximum Gasteiger partial charge on any atom is 0.0725 e. The third-order valence-electron chi connectivity index (χ3n) is 19.8. The number of nitrogens with zero attached hydrogens (tertiary/aromatic N) is 18. The van der Waals surface area contributed by atoms with Crippen LogP contribution in [0.1, 0.15) is 393 Å². The predicted molar refractivity (Wildman–Crippen MR) is 459 cm³/mol. The second-order valence-electron chi connectivity index (χ2n) is 36.8. The SMILES string of the molecule is CC(C)CCCCCCCc1cnnn1CCC(C)C.CC(C)CCCCCCCc1cnnn1CCC(C)C.CC(C)CCCCCc1cnnn1CC(C)C.CC(C)CCCCn1nncc1CCC(C)C.CC(C)CCCc1cnnn1CCCC(C)C.CC(C)CCCc1cnnn1CCCC(C)C. The zero-order chi connectivity index (χ0) is 80.3. The van der Waals surface area contributed by atoms with E-state index in [1.165, 1.54) is 227 Å². The van der Waals surface area contributed by atoms with Gasteiger partial charge in [0.2, 0.25) is 0 Å².